The zero-order valence-electron chi connectivity index (χ0n) is 15.9. The molecule has 0 radical (unpaired) electrons. The van der Waals surface area contributed by atoms with Gasteiger partial charge in [-0.15, -0.1) is 0 Å². The molecule has 1 saturated heterocycles. The molecule has 0 bridgehead atoms. The van der Waals surface area contributed by atoms with E-state index in [0.717, 1.165) is 0 Å². The molecule has 1 heterocycles. The zero-order valence-corrected chi connectivity index (χ0v) is 15.9. The van der Waals surface area contributed by atoms with Crippen LogP contribution in [-0.2, 0) is 4.74 Å². The van der Waals surface area contributed by atoms with Gasteiger partial charge < -0.3 is 44.8 Å². The Bertz CT molecular complexity index is 912. The highest BCUT2D eigenvalue weighted by atomic mass is 16.7. The Morgan fingerprint density at radius 1 is 1.07 bits per heavy atom. The first-order valence-corrected chi connectivity index (χ1v) is 8.98. The highest BCUT2D eigenvalue weighted by Crippen LogP contribution is 2.37. The van der Waals surface area contributed by atoms with E-state index in [1.165, 1.54) is 43.5 Å². The van der Waals surface area contributed by atoms with Gasteiger partial charge in [-0.05, 0) is 12.1 Å². The quantitative estimate of drug-likeness (QED) is 0.335. The second-order valence-corrected chi connectivity index (χ2v) is 6.71. The van der Waals surface area contributed by atoms with Gasteiger partial charge in [-0.1, -0.05) is 12.1 Å². The second kappa shape index (κ2) is 8.86. The first-order valence-electron chi connectivity index (χ1n) is 8.98. The van der Waals surface area contributed by atoms with Crippen LogP contribution in [0.5, 0.6) is 23.0 Å². The van der Waals surface area contributed by atoms with Gasteiger partial charge in [0.05, 0.1) is 13.7 Å². The fourth-order valence-electron chi connectivity index (χ4n) is 3.10. The monoisotopic (exact) mass is 422 g/mol. The van der Waals surface area contributed by atoms with Crippen LogP contribution in [0.2, 0.25) is 0 Å². The Morgan fingerprint density at radius 3 is 2.43 bits per heavy atom. The summed E-state index contributed by atoms with van der Waals surface area (Å²) < 4.78 is 15.9. The Labute approximate surface area is 171 Å². The van der Waals surface area contributed by atoms with E-state index in [0.29, 0.717) is 0 Å². The SMILES string of the molecule is COc1cc(O)c(C(=O)c2cccc(O)c2)c(OC2OC(CO)C(O)C(O)C2O)c1. The van der Waals surface area contributed by atoms with Gasteiger partial charge in [0, 0.05) is 17.7 Å². The molecule has 0 aromatic heterocycles. The van der Waals surface area contributed by atoms with Crippen molar-refractivity contribution in [2.75, 3.05) is 13.7 Å². The molecule has 0 amide bonds. The second-order valence-electron chi connectivity index (χ2n) is 6.71. The van der Waals surface area contributed by atoms with E-state index in [1.807, 2.05) is 0 Å². The summed E-state index contributed by atoms with van der Waals surface area (Å²) in [4.78, 5) is 13.0. The number of carbonyl (C=O) groups is 1. The normalized spacial score (nSPS) is 26.2. The first-order chi connectivity index (χ1) is 14.3. The van der Waals surface area contributed by atoms with E-state index in [1.54, 1.807) is 0 Å². The summed E-state index contributed by atoms with van der Waals surface area (Å²) in [5.41, 5.74) is -0.257. The van der Waals surface area contributed by atoms with Crippen molar-refractivity contribution in [3.8, 4) is 23.0 Å². The Hall–Kier alpha value is -2.89. The highest BCUT2D eigenvalue weighted by Gasteiger charge is 2.45. The molecule has 5 atom stereocenters. The minimum Gasteiger partial charge on any atom is -0.508 e. The van der Waals surface area contributed by atoms with E-state index in [-0.39, 0.29) is 28.4 Å². The van der Waals surface area contributed by atoms with Crippen LogP contribution in [-0.4, -0.2) is 80.8 Å². The smallest absolute Gasteiger partial charge is 0.229 e. The maximum atomic E-state index is 13.0. The molecule has 2 aromatic rings. The number of carbonyl (C=O) groups excluding carboxylic acids is 1. The summed E-state index contributed by atoms with van der Waals surface area (Å²) >= 11 is 0. The number of rotatable bonds is 6. The number of ether oxygens (including phenoxy) is 3. The molecule has 1 aliphatic heterocycles. The van der Waals surface area contributed by atoms with Crippen LogP contribution in [0.3, 0.4) is 0 Å². The van der Waals surface area contributed by atoms with E-state index in [2.05, 4.69) is 0 Å². The number of aliphatic hydroxyl groups excluding tert-OH is 4. The average Bonchev–Trinajstić information content (AvgIpc) is 2.73. The topological polar surface area (TPSA) is 166 Å². The molecule has 1 aliphatic rings. The third kappa shape index (κ3) is 4.18. The lowest BCUT2D eigenvalue weighted by atomic mass is 9.98. The van der Waals surface area contributed by atoms with Crippen LogP contribution in [0.25, 0.3) is 0 Å². The van der Waals surface area contributed by atoms with Gasteiger partial charge in [-0.3, -0.25) is 4.79 Å². The van der Waals surface area contributed by atoms with Crippen LogP contribution in [0.1, 0.15) is 15.9 Å². The number of phenols is 2. The molecule has 1 fully saturated rings. The fourth-order valence-corrected chi connectivity index (χ4v) is 3.10. The van der Waals surface area contributed by atoms with Crippen LogP contribution in [0, 0.1) is 0 Å². The third-order valence-electron chi connectivity index (χ3n) is 4.72. The van der Waals surface area contributed by atoms with Crippen LogP contribution < -0.4 is 9.47 Å². The molecule has 162 valence electrons. The van der Waals surface area contributed by atoms with E-state index in [4.69, 9.17) is 14.2 Å². The van der Waals surface area contributed by atoms with Crippen molar-refractivity contribution in [1.82, 2.24) is 0 Å². The predicted molar refractivity (Wildman–Crippen MR) is 101 cm³/mol. The van der Waals surface area contributed by atoms with Crippen molar-refractivity contribution < 1.29 is 49.6 Å². The zero-order chi connectivity index (χ0) is 22.0. The van der Waals surface area contributed by atoms with Crippen LogP contribution in [0.4, 0.5) is 0 Å². The molecule has 0 aliphatic carbocycles. The molecular formula is C20H22O10. The van der Waals surface area contributed by atoms with Gasteiger partial charge in [-0.2, -0.15) is 0 Å². The van der Waals surface area contributed by atoms with Crippen LogP contribution in [0.15, 0.2) is 36.4 Å². The van der Waals surface area contributed by atoms with E-state index >= 15 is 0 Å². The lowest BCUT2D eigenvalue weighted by Gasteiger charge is -2.39. The summed E-state index contributed by atoms with van der Waals surface area (Å²) in [6, 6.07) is 7.87. The first kappa shape index (κ1) is 21.8. The minimum absolute atomic E-state index is 0.0501. The lowest BCUT2D eigenvalue weighted by molar-refractivity contribution is -0.277. The third-order valence-corrected chi connectivity index (χ3v) is 4.72. The summed E-state index contributed by atoms with van der Waals surface area (Å²) in [6.07, 6.45) is -7.80. The molecule has 0 spiro atoms. The van der Waals surface area contributed by atoms with Crippen molar-refractivity contribution in [1.29, 1.82) is 0 Å². The highest BCUT2D eigenvalue weighted by molar-refractivity contribution is 6.12. The number of hydrogen-bond donors (Lipinski definition) is 6. The van der Waals surface area contributed by atoms with Gasteiger partial charge >= 0.3 is 0 Å². The summed E-state index contributed by atoms with van der Waals surface area (Å²) in [5, 5.41) is 59.4. The fraction of sp³-hybridized carbons (Fsp3) is 0.350. The summed E-state index contributed by atoms with van der Waals surface area (Å²) in [7, 11) is 1.32. The molecule has 30 heavy (non-hydrogen) atoms. The lowest BCUT2D eigenvalue weighted by Crippen LogP contribution is -2.60. The van der Waals surface area contributed by atoms with Crippen LogP contribution >= 0.6 is 0 Å². The molecule has 5 unspecified atom stereocenters. The maximum Gasteiger partial charge on any atom is 0.229 e. The Morgan fingerprint density at radius 2 is 1.80 bits per heavy atom. The Balaban J connectivity index is 2.01. The number of ketones is 1. The van der Waals surface area contributed by atoms with Crippen molar-refractivity contribution in [2.24, 2.45) is 0 Å². The molecule has 2 aromatic carbocycles. The molecule has 10 nitrogen and oxygen atoms in total. The van der Waals surface area contributed by atoms with Crippen molar-refractivity contribution in [3.63, 3.8) is 0 Å². The van der Waals surface area contributed by atoms with Crippen molar-refractivity contribution in [3.05, 3.63) is 47.5 Å². The van der Waals surface area contributed by atoms with Gasteiger partial charge in [0.15, 0.2) is 0 Å². The number of phenolic OH excluding ortho intramolecular Hbond substituents is 2. The maximum absolute atomic E-state index is 13.0. The van der Waals surface area contributed by atoms with Gasteiger partial charge in [0.1, 0.15) is 53.0 Å². The van der Waals surface area contributed by atoms with Crippen molar-refractivity contribution in [2.45, 2.75) is 30.7 Å². The van der Waals surface area contributed by atoms with E-state index in [9.17, 15) is 35.4 Å². The molecule has 3 rings (SSSR count). The average molecular weight is 422 g/mol. The number of aromatic hydroxyl groups is 2. The number of benzene rings is 2. The molecule has 6 N–H and O–H groups in total. The summed E-state index contributed by atoms with van der Waals surface area (Å²) in [5.74, 6) is -1.48. The van der Waals surface area contributed by atoms with Crippen molar-refractivity contribution >= 4 is 5.78 Å². The predicted octanol–water partition coefficient (Wildman–Crippen LogP) is -0.484. The van der Waals surface area contributed by atoms with Gasteiger partial charge in [0.25, 0.3) is 0 Å². The summed E-state index contributed by atoms with van der Waals surface area (Å²) in [6.45, 7) is -0.663. The minimum atomic E-state index is -1.72. The van der Waals surface area contributed by atoms with Gasteiger partial charge in [-0.25, -0.2) is 0 Å². The number of aliphatic hydroxyl groups is 4. The number of hydrogen-bond acceptors (Lipinski definition) is 10. The molecule has 10 heteroatoms. The number of methoxy groups -OCH3 is 1. The molecule has 0 saturated carbocycles. The van der Waals surface area contributed by atoms with E-state index < -0.39 is 48.8 Å². The Kier molecular flexibility index (Phi) is 6.44. The standard InChI is InChI=1S/C20H22O10/c1-28-11-6-12(23)15(16(24)9-3-2-4-10(22)5-9)13(7-11)29-20-19(27)18(26)17(25)14(8-21)30-20/h2-7,14,17-23,25-27H,8H2,1H3. The van der Waals surface area contributed by atoms with Gasteiger partial charge in [0.2, 0.25) is 12.1 Å². The molecular weight excluding hydrogens is 400 g/mol. The largest absolute Gasteiger partial charge is 0.508 e.